The fraction of sp³-hybridized carbons (Fsp3) is 1.00. The van der Waals surface area contributed by atoms with Crippen molar-refractivity contribution in [3.05, 3.63) is 0 Å². The Balaban J connectivity index is 1.75. The molecular weight excluding hydrogens is 188 g/mol. The summed E-state index contributed by atoms with van der Waals surface area (Å²) >= 11 is 0. The Kier molecular flexibility index (Phi) is 4.42. The Morgan fingerprint density at radius 3 is 2.80 bits per heavy atom. The van der Waals surface area contributed by atoms with Crippen molar-refractivity contribution in [2.24, 2.45) is 0 Å². The molecule has 2 saturated heterocycles. The molecule has 0 aliphatic carbocycles. The number of aliphatic hydroxyl groups is 1. The highest BCUT2D eigenvalue weighted by atomic mass is 16.2. The summed E-state index contributed by atoms with van der Waals surface area (Å²) in [5, 5.41) is 8.77. The zero-order chi connectivity index (χ0) is 10.5. The molecule has 1 N–H and O–H groups in total. The van der Waals surface area contributed by atoms with Crippen LogP contribution < -0.4 is 0 Å². The first-order chi connectivity index (χ1) is 7.40. The molecule has 2 rings (SSSR count). The summed E-state index contributed by atoms with van der Waals surface area (Å²) in [6.07, 6.45) is 6.25. The van der Waals surface area contributed by atoms with Gasteiger partial charge in [-0.1, -0.05) is 0 Å². The van der Waals surface area contributed by atoms with E-state index in [0.717, 1.165) is 18.9 Å². The van der Waals surface area contributed by atoms with Crippen LogP contribution in [-0.2, 0) is 0 Å². The third kappa shape index (κ3) is 3.16. The number of nitrogens with zero attached hydrogens (tertiary/aromatic N) is 2. The van der Waals surface area contributed by atoms with Gasteiger partial charge in [0.1, 0.15) is 0 Å². The SMILES string of the molecule is OCCCCN1CCCN2CCCC2C1. The second-order valence-corrected chi connectivity index (χ2v) is 4.92. The van der Waals surface area contributed by atoms with E-state index in [1.165, 1.54) is 52.0 Å². The van der Waals surface area contributed by atoms with Gasteiger partial charge < -0.3 is 10.0 Å². The Labute approximate surface area is 93.1 Å². The quantitative estimate of drug-likeness (QED) is 0.702. The standard InChI is InChI=1S/C12H24N2O/c15-10-2-1-6-13-7-4-9-14-8-3-5-12(14)11-13/h12,15H,1-11H2. The second-order valence-electron chi connectivity index (χ2n) is 4.92. The van der Waals surface area contributed by atoms with Gasteiger partial charge in [0.15, 0.2) is 0 Å². The van der Waals surface area contributed by atoms with Crippen molar-refractivity contribution in [2.45, 2.75) is 38.1 Å². The molecule has 0 bridgehead atoms. The number of hydrogen-bond acceptors (Lipinski definition) is 3. The average molecular weight is 212 g/mol. The normalized spacial score (nSPS) is 29.0. The highest BCUT2D eigenvalue weighted by molar-refractivity contribution is 4.84. The van der Waals surface area contributed by atoms with Crippen LogP contribution in [0.15, 0.2) is 0 Å². The van der Waals surface area contributed by atoms with Gasteiger partial charge in [-0.2, -0.15) is 0 Å². The number of rotatable bonds is 4. The second kappa shape index (κ2) is 5.83. The van der Waals surface area contributed by atoms with Gasteiger partial charge in [0, 0.05) is 19.2 Å². The lowest BCUT2D eigenvalue weighted by atomic mass is 10.2. The molecule has 0 aromatic heterocycles. The Morgan fingerprint density at radius 2 is 1.93 bits per heavy atom. The Hall–Kier alpha value is -0.120. The van der Waals surface area contributed by atoms with E-state index < -0.39 is 0 Å². The lowest BCUT2D eigenvalue weighted by Crippen LogP contribution is -2.37. The highest BCUT2D eigenvalue weighted by Crippen LogP contribution is 2.21. The van der Waals surface area contributed by atoms with Crippen molar-refractivity contribution in [3.8, 4) is 0 Å². The molecule has 2 aliphatic heterocycles. The van der Waals surface area contributed by atoms with E-state index >= 15 is 0 Å². The third-order valence-electron chi connectivity index (χ3n) is 3.77. The largest absolute Gasteiger partial charge is 0.396 e. The summed E-state index contributed by atoms with van der Waals surface area (Å²) in [4.78, 5) is 5.28. The molecule has 1 unspecified atom stereocenters. The number of hydrogen-bond donors (Lipinski definition) is 1. The molecule has 3 heteroatoms. The minimum atomic E-state index is 0.351. The lowest BCUT2D eigenvalue weighted by molar-refractivity contribution is 0.210. The van der Waals surface area contributed by atoms with E-state index in [1.807, 2.05) is 0 Å². The first-order valence-corrected chi connectivity index (χ1v) is 6.47. The van der Waals surface area contributed by atoms with E-state index in [4.69, 9.17) is 5.11 Å². The summed E-state index contributed by atoms with van der Waals surface area (Å²) in [6, 6.07) is 0.835. The Bertz CT molecular complexity index is 186. The zero-order valence-electron chi connectivity index (χ0n) is 9.70. The van der Waals surface area contributed by atoms with E-state index in [1.54, 1.807) is 0 Å². The molecule has 3 nitrogen and oxygen atoms in total. The van der Waals surface area contributed by atoms with Crippen LogP contribution in [0.5, 0.6) is 0 Å². The fourth-order valence-electron chi connectivity index (χ4n) is 2.93. The Morgan fingerprint density at radius 1 is 1.07 bits per heavy atom. The monoisotopic (exact) mass is 212 g/mol. The molecule has 2 heterocycles. The van der Waals surface area contributed by atoms with Crippen molar-refractivity contribution in [3.63, 3.8) is 0 Å². The van der Waals surface area contributed by atoms with Crippen LogP contribution in [0.4, 0.5) is 0 Å². The summed E-state index contributed by atoms with van der Waals surface area (Å²) < 4.78 is 0. The van der Waals surface area contributed by atoms with Crippen LogP contribution in [-0.4, -0.2) is 60.3 Å². The van der Waals surface area contributed by atoms with Crippen LogP contribution in [0.2, 0.25) is 0 Å². The smallest absolute Gasteiger partial charge is 0.0431 e. The van der Waals surface area contributed by atoms with E-state index in [-0.39, 0.29) is 0 Å². The minimum absolute atomic E-state index is 0.351. The first-order valence-electron chi connectivity index (χ1n) is 6.47. The van der Waals surface area contributed by atoms with Gasteiger partial charge in [-0.15, -0.1) is 0 Å². The summed E-state index contributed by atoms with van der Waals surface area (Å²) in [5.41, 5.74) is 0. The topological polar surface area (TPSA) is 26.7 Å². The van der Waals surface area contributed by atoms with Crippen molar-refractivity contribution in [1.29, 1.82) is 0 Å². The maximum absolute atomic E-state index is 8.77. The van der Waals surface area contributed by atoms with Crippen LogP contribution in [0.1, 0.15) is 32.1 Å². The molecule has 2 aliphatic rings. The van der Waals surface area contributed by atoms with Gasteiger partial charge in [0.25, 0.3) is 0 Å². The molecule has 0 aromatic rings. The molecule has 15 heavy (non-hydrogen) atoms. The maximum Gasteiger partial charge on any atom is 0.0431 e. The van der Waals surface area contributed by atoms with Crippen molar-refractivity contribution >= 4 is 0 Å². The fourth-order valence-corrected chi connectivity index (χ4v) is 2.93. The minimum Gasteiger partial charge on any atom is -0.396 e. The van der Waals surface area contributed by atoms with Crippen LogP contribution in [0, 0.1) is 0 Å². The molecule has 88 valence electrons. The van der Waals surface area contributed by atoms with E-state index in [2.05, 4.69) is 9.80 Å². The van der Waals surface area contributed by atoms with Gasteiger partial charge in [-0.25, -0.2) is 0 Å². The van der Waals surface area contributed by atoms with Crippen LogP contribution >= 0.6 is 0 Å². The molecule has 0 saturated carbocycles. The van der Waals surface area contributed by atoms with E-state index in [0.29, 0.717) is 6.61 Å². The molecule has 0 amide bonds. The number of aliphatic hydroxyl groups excluding tert-OH is 1. The van der Waals surface area contributed by atoms with Crippen molar-refractivity contribution < 1.29 is 5.11 Å². The third-order valence-corrected chi connectivity index (χ3v) is 3.77. The zero-order valence-corrected chi connectivity index (χ0v) is 9.70. The summed E-state index contributed by atoms with van der Waals surface area (Å²) in [6.45, 7) is 6.70. The first kappa shape index (κ1) is 11.4. The predicted octanol–water partition coefficient (Wildman–Crippen LogP) is 0.929. The van der Waals surface area contributed by atoms with E-state index in [9.17, 15) is 0 Å². The molecule has 0 radical (unpaired) electrons. The predicted molar refractivity (Wildman–Crippen MR) is 62.0 cm³/mol. The number of fused-ring (bicyclic) bond motifs is 1. The molecule has 1 atom stereocenters. The van der Waals surface area contributed by atoms with Gasteiger partial charge >= 0.3 is 0 Å². The molecule has 2 fully saturated rings. The number of unbranched alkanes of at least 4 members (excludes halogenated alkanes) is 1. The highest BCUT2D eigenvalue weighted by Gasteiger charge is 2.28. The van der Waals surface area contributed by atoms with Crippen LogP contribution in [0.25, 0.3) is 0 Å². The molecule has 0 aromatic carbocycles. The van der Waals surface area contributed by atoms with Crippen molar-refractivity contribution in [1.82, 2.24) is 9.80 Å². The molecule has 0 spiro atoms. The summed E-state index contributed by atoms with van der Waals surface area (Å²) in [5.74, 6) is 0. The lowest BCUT2D eigenvalue weighted by Gasteiger charge is -2.25. The summed E-state index contributed by atoms with van der Waals surface area (Å²) in [7, 11) is 0. The van der Waals surface area contributed by atoms with Gasteiger partial charge in [-0.05, 0) is 58.3 Å². The average Bonchev–Trinajstić information content (AvgIpc) is 2.58. The maximum atomic E-state index is 8.77. The van der Waals surface area contributed by atoms with Crippen molar-refractivity contribution in [2.75, 3.05) is 39.3 Å². The molecular formula is C12H24N2O. The van der Waals surface area contributed by atoms with Crippen LogP contribution in [0.3, 0.4) is 0 Å². The van der Waals surface area contributed by atoms with Gasteiger partial charge in [-0.3, -0.25) is 4.90 Å². The van der Waals surface area contributed by atoms with Gasteiger partial charge in [0.05, 0.1) is 0 Å². The van der Waals surface area contributed by atoms with Gasteiger partial charge in [0.2, 0.25) is 0 Å².